The second kappa shape index (κ2) is 8.71. The van der Waals surface area contributed by atoms with Crippen molar-refractivity contribution in [3.8, 4) is 11.6 Å². The average molecular weight is 420 g/mol. The molecule has 2 aromatic carbocycles. The minimum atomic E-state index is -0.305. The Hall–Kier alpha value is -3.48. The molecule has 1 aliphatic heterocycles. The predicted octanol–water partition coefficient (Wildman–Crippen LogP) is 4.38. The maximum Gasteiger partial charge on any atom is 0.254 e. The van der Waals surface area contributed by atoms with Crippen LogP contribution < -0.4 is 9.64 Å². The van der Waals surface area contributed by atoms with Crippen LogP contribution in [-0.4, -0.2) is 46.5 Å². The van der Waals surface area contributed by atoms with E-state index in [1.807, 2.05) is 43.0 Å². The molecule has 4 rings (SSSR count). The van der Waals surface area contributed by atoms with E-state index in [-0.39, 0.29) is 17.8 Å². The molecule has 1 aromatic heterocycles. The van der Waals surface area contributed by atoms with Gasteiger partial charge >= 0.3 is 0 Å². The quantitative estimate of drug-likeness (QED) is 0.627. The molecular weight excluding hydrogens is 395 g/mol. The minimum absolute atomic E-state index is 0.0289. The third-order valence-corrected chi connectivity index (χ3v) is 5.49. The molecule has 0 bridgehead atoms. The van der Waals surface area contributed by atoms with E-state index in [1.165, 1.54) is 18.5 Å². The van der Waals surface area contributed by atoms with Gasteiger partial charge in [0.25, 0.3) is 5.91 Å². The van der Waals surface area contributed by atoms with Gasteiger partial charge in [0, 0.05) is 37.3 Å². The van der Waals surface area contributed by atoms with Gasteiger partial charge < -0.3 is 14.5 Å². The van der Waals surface area contributed by atoms with Crippen LogP contribution in [0.5, 0.6) is 11.6 Å². The van der Waals surface area contributed by atoms with E-state index in [0.29, 0.717) is 42.4 Å². The summed E-state index contributed by atoms with van der Waals surface area (Å²) in [5.74, 6) is 1.42. The molecule has 1 aliphatic rings. The number of piperazine rings is 1. The summed E-state index contributed by atoms with van der Waals surface area (Å²) in [6.45, 7) is 7.75. The van der Waals surface area contributed by atoms with Crippen LogP contribution in [0.15, 0.2) is 54.9 Å². The van der Waals surface area contributed by atoms with Gasteiger partial charge in [0.05, 0.1) is 0 Å². The number of aryl methyl sites for hydroxylation is 2. The number of aromatic nitrogens is 2. The van der Waals surface area contributed by atoms with Crippen molar-refractivity contribution in [2.24, 2.45) is 0 Å². The first-order chi connectivity index (χ1) is 14.9. The van der Waals surface area contributed by atoms with Gasteiger partial charge in [-0.2, -0.15) is 0 Å². The number of anilines is 1. The zero-order chi connectivity index (χ0) is 22.0. The van der Waals surface area contributed by atoms with Crippen LogP contribution in [0.4, 0.5) is 10.2 Å². The number of hydrogen-bond donors (Lipinski definition) is 0. The van der Waals surface area contributed by atoms with Gasteiger partial charge in [-0.25, -0.2) is 14.4 Å². The van der Waals surface area contributed by atoms with Crippen molar-refractivity contribution in [1.82, 2.24) is 14.9 Å². The number of ether oxygens (including phenoxy) is 1. The molecule has 3 aromatic rings. The molecule has 160 valence electrons. The molecule has 31 heavy (non-hydrogen) atoms. The standard InChI is InChI=1S/C24H25FN4O2/c1-16-4-6-19(7-5-16)24(30)29-11-10-28(14-18(29)3)22-13-23(27-15-26-22)31-21-9-8-20(25)12-17(21)2/h4-9,12-13,15,18H,10-11,14H2,1-3H3. The highest BCUT2D eigenvalue weighted by Gasteiger charge is 2.29. The first-order valence-electron chi connectivity index (χ1n) is 10.3. The highest BCUT2D eigenvalue weighted by atomic mass is 19.1. The summed E-state index contributed by atoms with van der Waals surface area (Å²) in [7, 11) is 0. The van der Waals surface area contributed by atoms with Crippen molar-refractivity contribution in [3.63, 3.8) is 0 Å². The molecule has 0 saturated carbocycles. The number of carbonyl (C=O) groups excluding carboxylic acids is 1. The van der Waals surface area contributed by atoms with Crippen LogP contribution >= 0.6 is 0 Å². The van der Waals surface area contributed by atoms with Gasteiger partial charge in [-0.05, 0) is 56.7 Å². The second-order valence-electron chi connectivity index (χ2n) is 7.89. The summed E-state index contributed by atoms with van der Waals surface area (Å²) in [5, 5.41) is 0. The topological polar surface area (TPSA) is 58.6 Å². The number of nitrogens with zero attached hydrogens (tertiary/aromatic N) is 4. The Morgan fingerprint density at radius 2 is 1.84 bits per heavy atom. The Balaban J connectivity index is 1.45. The van der Waals surface area contributed by atoms with Crippen LogP contribution in [0.3, 0.4) is 0 Å². The van der Waals surface area contributed by atoms with Crippen molar-refractivity contribution in [2.75, 3.05) is 24.5 Å². The van der Waals surface area contributed by atoms with Crippen LogP contribution in [0.25, 0.3) is 0 Å². The number of hydrogen-bond acceptors (Lipinski definition) is 5. The van der Waals surface area contributed by atoms with E-state index >= 15 is 0 Å². The fraction of sp³-hybridized carbons (Fsp3) is 0.292. The van der Waals surface area contributed by atoms with Crippen molar-refractivity contribution in [2.45, 2.75) is 26.8 Å². The molecule has 6 nitrogen and oxygen atoms in total. The largest absolute Gasteiger partial charge is 0.439 e. The molecule has 1 amide bonds. The molecule has 1 unspecified atom stereocenters. The first-order valence-corrected chi connectivity index (χ1v) is 10.3. The minimum Gasteiger partial charge on any atom is -0.439 e. The summed E-state index contributed by atoms with van der Waals surface area (Å²) in [6.07, 6.45) is 1.46. The second-order valence-corrected chi connectivity index (χ2v) is 7.89. The SMILES string of the molecule is Cc1ccc(C(=O)N2CCN(c3cc(Oc4ccc(F)cc4C)ncn3)CC2C)cc1. The highest BCUT2D eigenvalue weighted by molar-refractivity contribution is 5.94. The van der Waals surface area contributed by atoms with E-state index in [9.17, 15) is 9.18 Å². The van der Waals surface area contributed by atoms with Crippen LogP contribution in [0, 0.1) is 19.7 Å². The zero-order valence-electron chi connectivity index (χ0n) is 17.9. The van der Waals surface area contributed by atoms with Crippen molar-refractivity contribution in [3.05, 3.63) is 77.4 Å². The molecule has 7 heteroatoms. The molecule has 0 aliphatic carbocycles. The number of carbonyl (C=O) groups is 1. The van der Waals surface area contributed by atoms with Crippen LogP contribution in [-0.2, 0) is 0 Å². The van der Waals surface area contributed by atoms with Gasteiger partial charge in [0.15, 0.2) is 0 Å². The predicted molar refractivity (Wildman–Crippen MR) is 117 cm³/mol. The normalized spacial score (nSPS) is 16.3. The summed E-state index contributed by atoms with van der Waals surface area (Å²) in [6, 6.07) is 13.8. The molecular formula is C24H25FN4O2. The molecule has 1 saturated heterocycles. The first kappa shape index (κ1) is 20.8. The lowest BCUT2D eigenvalue weighted by Gasteiger charge is -2.40. The van der Waals surface area contributed by atoms with E-state index in [2.05, 4.69) is 14.9 Å². The van der Waals surface area contributed by atoms with Gasteiger partial charge in [0.2, 0.25) is 5.88 Å². The van der Waals surface area contributed by atoms with Crippen molar-refractivity contribution in [1.29, 1.82) is 0 Å². The maximum atomic E-state index is 13.3. The third kappa shape index (κ3) is 4.66. The van der Waals surface area contributed by atoms with Crippen LogP contribution in [0.1, 0.15) is 28.4 Å². The third-order valence-electron chi connectivity index (χ3n) is 5.49. The molecule has 2 heterocycles. The Kier molecular flexibility index (Phi) is 5.84. The van der Waals surface area contributed by atoms with Crippen molar-refractivity contribution >= 4 is 11.7 Å². The maximum absolute atomic E-state index is 13.3. The summed E-state index contributed by atoms with van der Waals surface area (Å²) in [5.41, 5.74) is 2.53. The monoisotopic (exact) mass is 420 g/mol. The summed E-state index contributed by atoms with van der Waals surface area (Å²) < 4.78 is 19.2. The van der Waals surface area contributed by atoms with E-state index in [1.54, 1.807) is 19.1 Å². The summed E-state index contributed by atoms with van der Waals surface area (Å²) >= 11 is 0. The lowest BCUT2D eigenvalue weighted by Crippen LogP contribution is -2.54. The molecule has 1 atom stereocenters. The van der Waals surface area contributed by atoms with Gasteiger partial charge in [0.1, 0.15) is 23.7 Å². The molecule has 1 fully saturated rings. The van der Waals surface area contributed by atoms with Gasteiger partial charge in [-0.3, -0.25) is 4.79 Å². The van der Waals surface area contributed by atoms with Gasteiger partial charge in [-0.15, -0.1) is 0 Å². The Morgan fingerprint density at radius 1 is 1.06 bits per heavy atom. The van der Waals surface area contributed by atoms with E-state index in [0.717, 1.165) is 11.4 Å². The van der Waals surface area contributed by atoms with Crippen molar-refractivity contribution < 1.29 is 13.9 Å². The molecule has 0 spiro atoms. The average Bonchev–Trinajstić information content (AvgIpc) is 2.76. The number of amides is 1. The number of benzene rings is 2. The molecule has 0 radical (unpaired) electrons. The fourth-order valence-electron chi connectivity index (χ4n) is 3.73. The van der Waals surface area contributed by atoms with E-state index < -0.39 is 0 Å². The lowest BCUT2D eigenvalue weighted by molar-refractivity contribution is 0.0673. The lowest BCUT2D eigenvalue weighted by atomic mass is 10.1. The Labute approximate surface area is 181 Å². The smallest absolute Gasteiger partial charge is 0.254 e. The highest BCUT2D eigenvalue weighted by Crippen LogP contribution is 2.27. The van der Waals surface area contributed by atoms with Gasteiger partial charge in [-0.1, -0.05) is 17.7 Å². The molecule has 0 N–H and O–H groups in total. The number of halogens is 1. The van der Waals surface area contributed by atoms with Crippen LogP contribution in [0.2, 0.25) is 0 Å². The number of rotatable bonds is 4. The Bertz CT molecular complexity index is 1090. The summed E-state index contributed by atoms with van der Waals surface area (Å²) in [4.78, 5) is 25.5. The van der Waals surface area contributed by atoms with E-state index in [4.69, 9.17) is 4.74 Å². The fourth-order valence-corrected chi connectivity index (χ4v) is 3.73. The zero-order valence-corrected chi connectivity index (χ0v) is 17.9. The Morgan fingerprint density at radius 3 is 2.55 bits per heavy atom.